The molecule has 0 saturated carbocycles. The Kier molecular flexibility index (Phi) is 8.47. The van der Waals surface area contributed by atoms with Gasteiger partial charge in [-0.15, -0.1) is 0 Å². The molecule has 0 aliphatic rings. The number of rotatable bonds is 8. The Labute approximate surface area is 137 Å². The van der Waals surface area contributed by atoms with Crippen molar-refractivity contribution in [3.63, 3.8) is 0 Å². The molecule has 0 unspecified atom stereocenters. The zero-order chi connectivity index (χ0) is 16.4. The average molecular weight is 324 g/mol. The number of thiocarbonyl (C=S) groups is 1. The molecule has 1 amide bonds. The smallest absolute Gasteiger partial charge is 0.226 e. The first-order valence-electron chi connectivity index (χ1n) is 7.42. The highest BCUT2D eigenvalue weighted by Crippen LogP contribution is 2.17. The number of nitrogens with one attached hydrogen (secondary N) is 2. The van der Waals surface area contributed by atoms with Gasteiger partial charge in [0, 0.05) is 24.8 Å². The van der Waals surface area contributed by atoms with E-state index in [0.29, 0.717) is 32.2 Å². The summed E-state index contributed by atoms with van der Waals surface area (Å²) < 4.78 is 10.8. The highest BCUT2D eigenvalue weighted by Gasteiger charge is 2.07. The molecule has 22 heavy (non-hydrogen) atoms. The minimum Gasteiger partial charge on any atom is -0.491 e. The third-order valence-electron chi connectivity index (χ3n) is 2.64. The van der Waals surface area contributed by atoms with Gasteiger partial charge in [-0.25, -0.2) is 0 Å². The lowest BCUT2D eigenvalue weighted by atomic mass is 10.1. The first-order valence-corrected chi connectivity index (χ1v) is 7.83. The number of carbonyl (C=O) groups is 1. The molecule has 0 radical (unpaired) electrons. The largest absolute Gasteiger partial charge is 0.491 e. The summed E-state index contributed by atoms with van der Waals surface area (Å²) in [6, 6.07) is 7.40. The molecule has 1 aromatic carbocycles. The number of ether oxygens (including phenoxy) is 2. The minimum absolute atomic E-state index is 0.0865. The van der Waals surface area contributed by atoms with Gasteiger partial charge in [0.2, 0.25) is 5.91 Å². The molecule has 1 rings (SSSR count). The van der Waals surface area contributed by atoms with E-state index >= 15 is 0 Å². The highest BCUT2D eigenvalue weighted by atomic mass is 32.1. The zero-order valence-corrected chi connectivity index (χ0v) is 14.2. The molecule has 122 valence electrons. The van der Waals surface area contributed by atoms with Gasteiger partial charge >= 0.3 is 0 Å². The van der Waals surface area contributed by atoms with Crippen molar-refractivity contribution in [1.29, 1.82) is 0 Å². The second-order valence-electron chi connectivity index (χ2n) is 5.17. The van der Waals surface area contributed by atoms with E-state index < -0.39 is 0 Å². The van der Waals surface area contributed by atoms with Gasteiger partial charge in [0.1, 0.15) is 12.4 Å². The summed E-state index contributed by atoms with van der Waals surface area (Å²) in [4.78, 5) is 11.6. The quantitative estimate of drug-likeness (QED) is 0.569. The molecule has 0 saturated heterocycles. The maximum absolute atomic E-state index is 11.6. The molecule has 0 aromatic heterocycles. The average Bonchev–Trinajstić information content (AvgIpc) is 2.43. The Morgan fingerprint density at radius 2 is 2.09 bits per heavy atom. The maximum Gasteiger partial charge on any atom is 0.226 e. The van der Waals surface area contributed by atoms with Crippen molar-refractivity contribution in [3.8, 4) is 5.75 Å². The van der Waals surface area contributed by atoms with Gasteiger partial charge in [0.15, 0.2) is 5.11 Å². The molecule has 0 atom stereocenters. The number of anilines is 1. The van der Waals surface area contributed by atoms with Crippen LogP contribution in [0.3, 0.4) is 0 Å². The fraction of sp³-hybridized carbons (Fsp3) is 0.500. The standard InChI is InChI=1S/C16H24N2O3S/c1-4-20-8-9-21-14-7-5-6-13(11-14)17-16(22)18-15(19)10-12(2)3/h5-7,11-12H,4,8-10H2,1-3H3,(H2,17,18,19,22). The van der Waals surface area contributed by atoms with Gasteiger partial charge in [-0.2, -0.15) is 0 Å². The van der Waals surface area contributed by atoms with Crippen molar-refractivity contribution >= 4 is 28.9 Å². The molecule has 0 fully saturated rings. The summed E-state index contributed by atoms with van der Waals surface area (Å²) in [5.74, 6) is 0.933. The van der Waals surface area contributed by atoms with Crippen LogP contribution < -0.4 is 15.4 Å². The molecule has 5 nitrogen and oxygen atoms in total. The van der Waals surface area contributed by atoms with Crippen LogP contribution in [0, 0.1) is 5.92 Å². The van der Waals surface area contributed by atoms with E-state index in [1.807, 2.05) is 45.0 Å². The Morgan fingerprint density at radius 1 is 1.32 bits per heavy atom. The van der Waals surface area contributed by atoms with Crippen LogP contribution >= 0.6 is 12.2 Å². The van der Waals surface area contributed by atoms with E-state index in [4.69, 9.17) is 21.7 Å². The Morgan fingerprint density at radius 3 is 2.77 bits per heavy atom. The summed E-state index contributed by atoms with van der Waals surface area (Å²) in [7, 11) is 0. The maximum atomic E-state index is 11.6. The second-order valence-corrected chi connectivity index (χ2v) is 5.58. The number of benzene rings is 1. The van der Waals surface area contributed by atoms with Crippen LogP contribution in [0.2, 0.25) is 0 Å². The van der Waals surface area contributed by atoms with Gasteiger partial charge in [-0.1, -0.05) is 19.9 Å². The molecular formula is C16H24N2O3S. The molecule has 0 heterocycles. The zero-order valence-electron chi connectivity index (χ0n) is 13.3. The summed E-state index contributed by atoms with van der Waals surface area (Å²) in [5, 5.41) is 5.92. The topological polar surface area (TPSA) is 59.6 Å². The van der Waals surface area contributed by atoms with E-state index in [2.05, 4.69) is 10.6 Å². The molecule has 0 aliphatic carbocycles. The highest BCUT2D eigenvalue weighted by molar-refractivity contribution is 7.80. The van der Waals surface area contributed by atoms with E-state index in [0.717, 1.165) is 11.4 Å². The first-order chi connectivity index (χ1) is 10.5. The van der Waals surface area contributed by atoms with Crippen LogP contribution in [0.1, 0.15) is 27.2 Å². The van der Waals surface area contributed by atoms with Gasteiger partial charge in [-0.3, -0.25) is 4.79 Å². The van der Waals surface area contributed by atoms with E-state index in [1.165, 1.54) is 0 Å². The lowest BCUT2D eigenvalue weighted by molar-refractivity contribution is -0.120. The van der Waals surface area contributed by atoms with Gasteiger partial charge in [0.25, 0.3) is 0 Å². The number of carbonyl (C=O) groups excluding carboxylic acids is 1. The minimum atomic E-state index is -0.0865. The van der Waals surface area contributed by atoms with Gasteiger partial charge in [-0.05, 0) is 37.2 Å². The monoisotopic (exact) mass is 324 g/mol. The molecule has 0 aliphatic heterocycles. The molecule has 6 heteroatoms. The number of amides is 1. The van der Waals surface area contributed by atoms with Crippen LogP contribution in [0.25, 0.3) is 0 Å². The molecule has 0 spiro atoms. The van der Waals surface area contributed by atoms with Crippen LogP contribution in [-0.2, 0) is 9.53 Å². The Balaban J connectivity index is 2.44. The molecule has 2 N–H and O–H groups in total. The summed E-state index contributed by atoms with van der Waals surface area (Å²) in [6.45, 7) is 7.64. The lowest BCUT2D eigenvalue weighted by Gasteiger charge is -2.12. The van der Waals surface area contributed by atoms with Crippen LogP contribution in [0.5, 0.6) is 5.75 Å². The van der Waals surface area contributed by atoms with Gasteiger partial charge < -0.3 is 20.1 Å². The summed E-state index contributed by atoms with van der Waals surface area (Å²) in [5.41, 5.74) is 0.767. The fourth-order valence-corrected chi connectivity index (χ4v) is 1.97. The number of hydrogen-bond acceptors (Lipinski definition) is 4. The van der Waals surface area contributed by atoms with Gasteiger partial charge in [0.05, 0.1) is 6.61 Å². The summed E-state index contributed by atoms with van der Waals surface area (Å²) in [6.07, 6.45) is 0.447. The predicted octanol–water partition coefficient (Wildman–Crippen LogP) is 2.96. The van der Waals surface area contributed by atoms with E-state index in [-0.39, 0.29) is 11.0 Å². The Hall–Kier alpha value is -1.66. The molecule has 1 aromatic rings. The van der Waals surface area contributed by atoms with Crippen LogP contribution in [-0.4, -0.2) is 30.8 Å². The predicted molar refractivity (Wildman–Crippen MR) is 92.2 cm³/mol. The fourth-order valence-electron chi connectivity index (χ4n) is 1.74. The summed E-state index contributed by atoms with van der Waals surface area (Å²) >= 11 is 5.13. The van der Waals surface area contributed by atoms with Crippen molar-refractivity contribution in [2.45, 2.75) is 27.2 Å². The third kappa shape index (κ3) is 7.95. The van der Waals surface area contributed by atoms with Crippen molar-refractivity contribution in [3.05, 3.63) is 24.3 Å². The van der Waals surface area contributed by atoms with Crippen LogP contribution in [0.15, 0.2) is 24.3 Å². The Bertz CT molecular complexity index is 492. The molecule has 0 bridgehead atoms. The van der Waals surface area contributed by atoms with Crippen LogP contribution in [0.4, 0.5) is 5.69 Å². The van der Waals surface area contributed by atoms with Crippen molar-refractivity contribution in [1.82, 2.24) is 5.32 Å². The molecular weight excluding hydrogens is 300 g/mol. The third-order valence-corrected chi connectivity index (χ3v) is 2.84. The lowest BCUT2D eigenvalue weighted by Crippen LogP contribution is -2.34. The second kappa shape index (κ2) is 10.1. The SMILES string of the molecule is CCOCCOc1cccc(NC(=S)NC(=O)CC(C)C)c1. The van der Waals surface area contributed by atoms with Crippen molar-refractivity contribution in [2.75, 3.05) is 25.1 Å². The van der Waals surface area contributed by atoms with Crippen molar-refractivity contribution in [2.24, 2.45) is 5.92 Å². The first kappa shape index (κ1) is 18.4. The van der Waals surface area contributed by atoms with Crippen molar-refractivity contribution < 1.29 is 14.3 Å². The number of hydrogen-bond donors (Lipinski definition) is 2. The van der Waals surface area contributed by atoms with E-state index in [9.17, 15) is 4.79 Å². The van der Waals surface area contributed by atoms with E-state index in [1.54, 1.807) is 0 Å². The normalized spacial score (nSPS) is 10.4.